The Balaban J connectivity index is 1.81. The van der Waals surface area contributed by atoms with Crippen LogP contribution in [0, 0.1) is 0 Å². The van der Waals surface area contributed by atoms with Gasteiger partial charge in [-0.15, -0.1) is 11.3 Å². The van der Waals surface area contributed by atoms with E-state index >= 15 is 0 Å². The highest BCUT2D eigenvalue weighted by Gasteiger charge is 2.27. The number of amides is 1. The number of rotatable bonds is 6. The van der Waals surface area contributed by atoms with Crippen molar-refractivity contribution >= 4 is 28.2 Å². The van der Waals surface area contributed by atoms with Gasteiger partial charge < -0.3 is 14.8 Å². The summed E-state index contributed by atoms with van der Waals surface area (Å²) in [4.78, 5) is 26.6. The highest BCUT2D eigenvalue weighted by atomic mass is 32.1. The third-order valence-corrected chi connectivity index (χ3v) is 5.95. The molecule has 0 fully saturated rings. The number of hydrogen-bond donors (Lipinski definition) is 1. The maximum Gasteiger partial charge on any atom is 0.341 e. The molecule has 0 radical (unpaired) electrons. The van der Waals surface area contributed by atoms with Crippen molar-refractivity contribution in [1.29, 1.82) is 0 Å². The first kappa shape index (κ1) is 20.4. The molecule has 1 aromatic heterocycles. The Morgan fingerprint density at radius 2 is 1.82 bits per heavy atom. The molecule has 1 amide bonds. The lowest BCUT2D eigenvalue weighted by Crippen LogP contribution is -2.18. The van der Waals surface area contributed by atoms with E-state index in [2.05, 4.69) is 5.32 Å². The number of ether oxygens (including phenoxy) is 2. The molecule has 2 aromatic rings. The molecule has 0 spiro atoms. The summed E-state index contributed by atoms with van der Waals surface area (Å²) in [6.45, 7) is 3.68. The SMILES string of the molecule is COc1ccc(CC(=O)Nc2sc3c(c2C(=O)OC(C)C)CCCCC3)cc1. The summed E-state index contributed by atoms with van der Waals surface area (Å²) in [7, 11) is 1.61. The number of nitrogens with one attached hydrogen (secondary N) is 1. The average Bonchev–Trinajstić information content (AvgIpc) is 2.82. The fourth-order valence-corrected chi connectivity index (χ4v) is 4.71. The summed E-state index contributed by atoms with van der Waals surface area (Å²) in [5, 5.41) is 3.59. The Bertz CT molecular complexity index is 839. The van der Waals surface area contributed by atoms with Gasteiger partial charge in [0.2, 0.25) is 5.91 Å². The highest BCUT2D eigenvalue weighted by molar-refractivity contribution is 7.17. The maximum atomic E-state index is 12.8. The molecule has 0 aliphatic heterocycles. The predicted octanol–water partition coefficient (Wildman–Crippen LogP) is 4.77. The van der Waals surface area contributed by atoms with Crippen LogP contribution < -0.4 is 10.1 Å². The van der Waals surface area contributed by atoms with Crippen LogP contribution in [0.4, 0.5) is 5.00 Å². The molecule has 1 heterocycles. The van der Waals surface area contributed by atoms with Crippen LogP contribution >= 0.6 is 11.3 Å². The van der Waals surface area contributed by atoms with E-state index in [1.807, 2.05) is 38.1 Å². The lowest BCUT2D eigenvalue weighted by atomic mass is 10.1. The molecule has 0 bridgehead atoms. The zero-order valence-electron chi connectivity index (χ0n) is 16.7. The van der Waals surface area contributed by atoms with Gasteiger partial charge in [0.1, 0.15) is 10.8 Å². The zero-order valence-corrected chi connectivity index (χ0v) is 17.5. The Kier molecular flexibility index (Phi) is 6.73. The van der Waals surface area contributed by atoms with Crippen LogP contribution in [0.1, 0.15) is 59.5 Å². The second-order valence-electron chi connectivity index (χ2n) is 7.30. The smallest absolute Gasteiger partial charge is 0.341 e. The van der Waals surface area contributed by atoms with Crippen molar-refractivity contribution in [3.05, 3.63) is 45.8 Å². The molecule has 0 saturated carbocycles. The molecular formula is C22H27NO4S. The number of esters is 1. The number of fused-ring (bicyclic) bond motifs is 1. The van der Waals surface area contributed by atoms with Gasteiger partial charge in [-0.05, 0) is 62.8 Å². The second-order valence-corrected chi connectivity index (χ2v) is 8.40. The molecule has 1 N–H and O–H groups in total. The van der Waals surface area contributed by atoms with Gasteiger partial charge in [-0.25, -0.2) is 4.79 Å². The number of thiophene rings is 1. The topological polar surface area (TPSA) is 64.6 Å². The minimum atomic E-state index is -0.339. The highest BCUT2D eigenvalue weighted by Crippen LogP contribution is 2.38. The minimum Gasteiger partial charge on any atom is -0.497 e. The minimum absolute atomic E-state index is 0.139. The van der Waals surface area contributed by atoms with Crippen molar-refractivity contribution in [3.63, 3.8) is 0 Å². The van der Waals surface area contributed by atoms with E-state index in [1.165, 1.54) is 22.6 Å². The summed E-state index contributed by atoms with van der Waals surface area (Å²) >= 11 is 1.52. The lowest BCUT2D eigenvalue weighted by molar-refractivity contribution is -0.115. The van der Waals surface area contributed by atoms with E-state index in [4.69, 9.17) is 9.47 Å². The third-order valence-electron chi connectivity index (χ3n) is 4.74. The summed E-state index contributed by atoms with van der Waals surface area (Å²) in [6, 6.07) is 7.41. The first-order valence-electron chi connectivity index (χ1n) is 9.76. The number of anilines is 1. The van der Waals surface area contributed by atoms with E-state index in [1.54, 1.807) is 7.11 Å². The molecule has 1 aliphatic carbocycles. The van der Waals surface area contributed by atoms with Crippen LogP contribution in [0.25, 0.3) is 0 Å². The van der Waals surface area contributed by atoms with Gasteiger partial charge >= 0.3 is 5.97 Å². The van der Waals surface area contributed by atoms with Crippen molar-refractivity contribution in [1.82, 2.24) is 0 Å². The van der Waals surface area contributed by atoms with E-state index in [9.17, 15) is 9.59 Å². The van der Waals surface area contributed by atoms with Gasteiger partial charge in [0.25, 0.3) is 0 Å². The molecule has 1 aromatic carbocycles. The molecule has 6 heteroatoms. The van der Waals surface area contributed by atoms with E-state index in [-0.39, 0.29) is 24.4 Å². The van der Waals surface area contributed by atoms with Crippen molar-refractivity contribution < 1.29 is 19.1 Å². The first-order chi connectivity index (χ1) is 13.5. The van der Waals surface area contributed by atoms with Gasteiger partial charge in [-0.2, -0.15) is 0 Å². The van der Waals surface area contributed by atoms with E-state index in [0.717, 1.165) is 42.6 Å². The van der Waals surface area contributed by atoms with Crippen LogP contribution in [0.2, 0.25) is 0 Å². The van der Waals surface area contributed by atoms with Crippen LogP contribution in [0.15, 0.2) is 24.3 Å². The van der Waals surface area contributed by atoms with Crippen molar-refractivity contribution in [2.45, 2.75) is 58.5 Å². The largest absolute Gasteiger partial charge is 0.497 e. The number of benzene rings is 1. The van der Waals surface area contributed by atoms with Crippen molar-refractivity contribution in [2.75, 3.05) is 12.4 Å². The molecule has 0 saturated heterocycles. The van der Waals surface area contributed by atoms with Crippen LogP contribution in [0.5, 0.6) is 5.75 Å². The molecule has 5 nitrogen and oxygen atoms in total. The van der Waals surface area contributed by atoms with E-state index < -0.39 is 0 Å². The first-order valence-corrected chi connectivity index (χ1v) is 10.6. The summed E-state index contributed by atoms with van der Waals surface area (Å²) in [5.74, 6) is 0.277. The summed E-state index contributed by atoms with van der Waals surface area (Å²) < 4.78 is 10.6. The summed E-state index contributed by atoms with van der Waals surface area (Å²) in [6.07, 6.45) is 5.21. The molecule has 0 atom stereocenters. The molecule has 0 unspecified atom stereocenters. The molecule has 150 valence electrons. The van der Waals surface area contributed by atoms with E-state index in [0.29, 0.717) is 10.6 Å². The molecule has 3 rings (SSSR count). The van der Waals surface area contributed by atoms with Crippen LogP contribution in [-0.2, 0) is 28.8 Å². The van der Waals surface area contributed by atoms with Crippen LogP contribution in [-0.4, -0.2) is 25.1 Å². The van der Waals surface area contributed by atoms with Crippen molar-refractivity contribution in [2.24, 2.45) is 0 Å². The fraction of sp³-hybridized carbons (Fsp3) is 0.455. The number of hydrogen-bond acceptors (Lipinski definition) is 5. The quantitative estimate of drug-likeness (QED) is 0.559. The third kappa shape index (κ3) is 4.93. The molecule has 28 heavy (non-hydrogen) atoms. The maximum absolute atomic E-state index is 12.8. The number of carbonyl (C=O) groups excluding carboxylic acids is 2. The number of carbonyl (C=O) groups is 2. The Labute approximate surface area is 170 Å². The Morgan fingerprint density at radius 1 is 1.11 bits per heavy atom. The Hall–Kier alpha value is -2.34. The van der Waals surface area contributed by atoms with Crippen molar-refractivity contribution in [3.8, 4) is 5.75 Å². The molecular weight excluding hydrogens is 374 g/mol. The number of aryl methyl sites for hydroxylation is 1. The zero-order chi connectivity index (χ0) is 20.1. The standard InChI is InChI=1S/C22H27NO4S/c1-14(2)27-22(25)20-17-7-5-4-6-8-18(17)28-21(20)23-19(24)13-15-9-11-16(26-3)12-10-15/h9-12,14H,4-8,13H2,1-3H3,(H,23,24). The van der Waals surface area contributed by atoms with Gasteiger partial charge in [-0.3, -0.25) is 4.79 Å². The van der Waals surface area contributed by atoms with Gasteiger partial charge in [0, 0.05) is 4.88 Å². The second kappa shape index (κ2) is 9.24. The predicted molar refractivity (Wildman–Crippen MR) is 111 cm³/mol. The Morgan fingerprint density at radius 3 is 2.50 bits per heavy atom. The lowest BCUT2D eigenvalue weighted by Gasteiger charge is -2.11. The van der Waals surface area contributed by atoms with Gasteiger partial charge in [0.05, 0.1) is 25.2 Å². The van der Waals surface area contributed by atoms with Crippen LogP contribution in [0.3, 0.4) is 0 Å². The number of methoxy groups -OCH3 is 1. The van der Waals surface area contributed by atoms with Gasteiger partial charge in [0.15, 0.2) is 0 Å². The average molecular weight is 402 g/mol. The summed E-state index contributed by atoms with van der Waals surface area (Å²) in [5.41, 5.74) is 2.51. The van der Waals surface area contributed by atoms with Gasteiger partial charge in [-0.1, -0.05) is 18.6 Å². The monoisotopic (exact) mass is 401 g/mol. The molecule has 1 aliphatic rings. The fourth-order valence-electron chi connectivity index (χ4n) is 3.42. The normalized spacial score (nSPS) is 13.6.